The molecule has 4 aromatic rings. The van der Waals surface area contributed by atoms with Gasteiger partial charge in [-0.2, -0.15) is 0 Å². The summed E-state index contributed by atoms with van der Waals surface area (Å²) in [6, 6.07) is 17.1. The summed E-state index contributed by atoms with van der Waals surface area (Å²) >= 11 is 6.17. The summed E-state index contributed by atoms with van der Waals surface area (Å²) < 4.78 is 0. The number of carbonyl (C=O) groups is 1. The molecule has 137 valence electrons. The lowest BCUT2D eigenvalue weighted by Crippen LogP contribution is -2.45. The first-order chi connectivity index (χ1) is 13.5. The molecule has 0 fully saturated rings. The molecule has 0 spiro atoms. The van der Waals surface area contributed by atoms with E-state index < -0.39 is 5.72 Å². The minimum atomic E-state index is -1.73. The highest BCUT2D eigenvalue weighted by molar-refractivity contribution is 6.31. The Balaban J connectivity index is 1.80. The molecule has 0 saturated heterocycles. The van der Waals surface area contributed by atoms with Crippen molar-refractivity contribution in [2.24, 2.45) is 0 Å². The zero-order chi connectivity index (χ0) is 19.5. The number of carbonyl (C=O) groups excluding carboxylic acids is 1. The number of fused-ring (bicyclic) bond motifs is 2. The van der Waals surface area contributed by atoms with Crippen LogP contribution in [-0.4, -0.2) is 21.0 Å². The Labute approximate surface area is 165 Å². The van der Waals surface area contributed by atoms with E-state index in [1.807, 2.05) is 0 Å². The van der Waals surface area contributed by atoms with Gasteiger partial charge in [0.25, 0.3) is 5.91 Å². The summed E-state index contributed by atoms with van der Waals surface area (Å²) in [4.78, 5) is 21.6. The monoisotopic (exact) mass is 389 g/mol. The van der Waals surface area contributed by atoms with Gasteiger partial charge in [0.2, 0.25) is 0 Å². The maximum atomic E-state index is 13.3. The van der Waals surface area contributed by atoms with Gasteiger partial charge < -0.3 is 15.8 Å². The number of H-pyrrole nitrogens is 1. The molecule has 2 heterocycles. The molecule has 1 aliphatic heterocycles. The number of halogens is 1. The predicted octanol–water partition coefficient (Wildman–Crippen LogP) is 3.45. The van der Waals surface area contributed by atoms with E-state index in [0.717, 1.165) is 0 Å². The molecule has 1 radical (unpaired) electrons. The van der Waals surface area contributed by atoms with E-state index in [9.17, 15) is 9.90 Å². The third kappa shape index (κ3) is 2.25. The molecule has 6 nitrogen and oxygen atoms in total. The molecule has 1 atom stereocenters. The van der Waals surface area contributed by atoms with Gasteiger partial charge in [-0.05, 0) is 36.4 Å². The number of aliphatic hydroxyl groups is 1. The van der Waals surface area contributed by atoms with Crippen molar-refractivity contribution in [3.8, 4) is 0 Å². The minimum absolute atomic E-state index is 0.337. The molecule has 5 rings (SSSR count). The normalized spacial score (nSPS) is 18.6. The second kappa shape index (κ2) is 5.82. The van der Waals surface area contributed by atoms with Crippen molar-refractivity contribution in [3.05, 3.63) is 88.7 Å². The lowest BCUT2D eigenvalue weighted by atomic mass is 9.93. The van der Waals surface area contributed by atoms with Crippen molar-refractivity contribution in [1.29, 1.82) is 0 Å². The van der Waals surface area contributed by atoms with Crippen molar-refractivity contribution in [2.75, 3.05) is 10.6 Å². The van der Waals surface area contributed by atoms with Gasteiger partial charge in [-0.15, -0.1) is 0 Å². The Bertz CT molecular complexity index is 1230. The maximum Gasteiger partial charge on any atom is 0.261 e. The molecule has 0 bridgehead atoms. The van der Waals surface area contributed by atoms with Crippen molar-refractivity contribution in [2.45, 2.75) is 5.72 Å². The first-order valence-corrected chi connectivity index (χ1v) is 8.95. The van der Waals surface area contributed by atoms with Gasteiger partial charge in [-0.3, -0.25) is 9.69 Å². The van der Waals surface area contributed by atoms with Crippen LogP contribution in [0.25, 0.3) is 11.0 Å². The average Bonchev–Trinajstić information content (AvgIpc) is 3.23. The Hall–Kier alpha value is -3.35. The van der Waals surface area contributed by atoms with E-state index in [1.165, 1.54) is 4.90 Å². The van der Waals surface area contributed by atoms with Gasteiger partial charge >= 0.3 is 0 Å². The summed E-state index contributed by atoms with van der Waals surface area (Å²) in [5, 5.41) is 12.3. The number of nitrogens with one attached hydrogen (secondary N) is 1. The number of hydrogen-bond acceptors (Lipinski definition) is 4. The Morgan fingerprint density at radius 1 is 1.14 bits per heavy atom. The lowest BCUT2D eigenvalue weighted by molar-refractivity contribution is 0.0704. The molecule has 1 aliphatic rings. The highest BCUT2D eigenvalue weighted by Gasteiger charge is 2.50. The molecular weight excluding hydrogens is 376 g/mol. The Morgan fingerprint density at radius 3 is 2.79 bits per heavy atom. The number of nitrogen functional groups attached to an aromatic ring is 1. The SMILES string of the molecule is Nc1cc(Cl)cc(N2C(=O)c3ccccc3C2(O)c2ccc3n[c][nH]c3c2)c1. The van der Waals surface area contributed by atoms with Crippen LogP contribution < -0.4 is 10.6 Å². The highest BCUT2D eigenvalue weighted by Crippen LogP contribution is 2.46. The topological polar surface area (TPSA) is 95.2 Å². The van der Waals surface area contributed by atoms with E-state index in [2.05, 4.69) is 16.3 Å². The van der Waals surface area contributed by atoms with Crippen LogP contribution in [0.4, 0.5) is 11.4 Å². The van der Waals surface area contributed by atoms with Crippen LogP contribution in [0.15, 0.2) is 60.7 Å². The van der Waals surface area contributed by atoms with Crippen molar-refractivity contribution < 1.29 is 9.90 Å². The Kier molecular flexibility index (Phi) is 3.49. The van der Waals surface area contributed by atoms with Gasteiger partial charge in [-0.1, -0.05) is 35.9 Å². The zero-order valence-corrected chi connectivity index (χ0v) is 15.2. The molecule has 1 amide bonds. The minimum Gasteiger partial charge on any atom is -0.399 e. The number of nitrogens with two attached hydrogens (primary N) is 1. The zero-order valence-electron chi connectivity index (χ0n) is 14.5. The third-order valence-electron chi connectivity index (χ3n) is 4.99. The molecule has 3 aromatic carbocycles. The first kappa shape index (κ1) is 16.8. The van der Waals surface area contributed by atoms with Crippen LogP contribution in [0.3, 0.4) is 0 Å². The van der Waals surface area contributed by atoms with Gasteiger partial charge in [0.05, 0.1) is 16.7 Å². The fraction of sp³-hybridized carbons (Fsp3) is 0.0476. The first-order valence-electron chi connectivity index (χ1n) is 8.57. The molecule has 1 aromatic heterocycles. The number of benzene rings is 3. The fourth-order valence-electron chi connectivity index (χ4n) is 3.77. The molecule has 1 unspecified atom stereocenters. The van der Waals surface area contributed by atoms with Crippen molar-refractivity contribution in [3.63, 3.8) is 0 Å². The van der Waals surface area contributed by atoms with E-state index in [-0.39, 0.29) is 5.91 Å². The Morgan fingerprint density at radius 2 is 1.96 bits per heavy atom. The smallest absolute Gasteiger partial charge is 0.261 e. The molecule has 7 heteroatoms. The lowest BCUT2D eigenvalue weighted by Gasteiger charge is -2.35. The van der Waals surface area contributed by atoms with Crippen LogP contribution >= 0.6 is 11.6 Å². The summed E-state index contributed by atoms with van der Waals surface area (Å²) in [6.07, 6.45) is 2.68. The summed E-state index contributed by atoms with van der Waals surface area (Å²) in [5.41, 5.74) is 7.84. The van der Waals surface area contributed by atoms with Gasteiger partial charge in [0.1, 0.15) is 0 Å². The van der Waals surface area contributed by atoms with Crippen molar-refractivity contribution >= 4 is 39.9 Å². The largest absolute Gasteiger partial charge is 0.399 e. The second-order valence-electron chi connectivity index (χ2n) is 6.68. The number of imidazole rings is 1. The number of aromatic nitrogens is 2. The fourth-order valence-corrected chi connectivity index (χ4v) is 4.01. The molecular formula is C21H14ClN4O2. The molecule has 28 heavy (non-hydrogen) atoms. The standard InChI is InChI=1S/C21H14ClN4O2/c22-13-8-14(23)10-15(9-13)26-20(27)16-3-1-2-4-17(16)21(26,28)12-5-6-18-19(7-12)25-11-24-18/h1-10,28H,23H2,(H,24,25). The number of rotatable bonds is 2. The number of aromatic amines is 1. The van der Waals surface area contributed by atoms with E-state index in [4.69, 9.17) is 17.3 Å². The summed E-state index contributed by atoms with van der Waals surface area (Å²) in [7, 11) is 0. The van der Waals surface area contributed by atoms with Gasteiger partial charge in [0, 0.05) is 27.4 Å². The molecule has 0 saturated carbocycles. The van der Waals surface area contributed by atoms with Gasteiger partial charge in [0.15, 0.2) is 12.1 Å². The number of nitrogens with zero attached hydrogens (tertiary/aromatic N) is 2. The highest BCUT2D eigenvalue weighted by atomic mass is 35.5. The van der Waals surface area contributed by atoms with Crippen LogP contribution in [0.1, 0.15) is 21.5 Å². The predicted molar refractivity (Wildman–Crippen MR) is 107 cm³/mol. The molecule has 0 aliphatic carbocycles. The number of amides is 1. The number of anilines is 2. The van der Waals surface area contributed by atoms with E-state index >= 15 is 0 Å². The van der Waals surface area contributed by atoms with Crippen molar-refractivity contribution in [1.82, 2.24) is 9.97 Å². The van der Waals surface area contributed by atoms with E-state index in [1.54, 1.807) is 60.7 Å². The molecule has 4 N–H and O–H groups in total. The third-order valence-corrected chi connectivity index (χ3v) is 5.21. The quantitative estimate of drug-likeness (QED) is 0.457. The van der Waals surface area contributed by atoms with Crippen LogP contribution in [0, 0.1) is 6.33 Å². The van der Waals surface area contributed by atoms with Crippen LogP contribution in [0.2, 0.25) is 5.02 Å². The number of hydrogen-bond donors (Lipinski definition) is 3. The summed E-state index contributed by atoms with van der Waals surface area (Å²) in [6.45, 7) is 0. The maximum absolute atomic E-state index is 13.3. The summed E-state index contributed by atoms with van der Waals surface area (Å²) in [5.74, 6) is -0.337. The second-order valence-corrected chi connectivity index (χ2v) is 7.12. The van der Waals surface area contributed by atoms with E-state index in [0.29, 0.717) is 44.1 Å². The van der Waals surface area contributed by atoms with Gasteiger partial charge in [-0.25, -0.2) is 4.98 Å². The van der Waals surface area contributed by atoms with Crippen LogP contribution in [-0.2, 0) is 5.72 Å². The average molecular weight is 390 g/mol. The van der Waals surface area contributed by atoms with Crippen LogP contribution in [0.5, 0.6) is 0 Å².